The minimum atomic E-state index is -0.252. The Morgan fingerprint density at radius 2 is 2.11 bits per heavy atom. The van der Waals surface area contributed by atoms with Gasteiger partial charge < -0.3 is 4.74 Å². The predicted molar refractivity (Wildman–Crippen MR) is 75.7 cm³/mol. The fourth-order valence-electron chi connectivity index (χ4n) is 2.44. The zero-order chi connectivity index (χ0) is 13.5. The van der Waals surface area contributed by atoms with Gasteiger partial charge in [-0.1, -0.05) is 36.5 Å². The smallest absolute Gasteiger partial charge is 0.139 e. The SMILES string of the molecule is CCOC(C#Cc1ccccc1)C1CCCCC1=O. The van der Waals surface area contributed by atoms with Gasteiger partial charge in [-0.25, -0.2) is 0 Å². The van der Waals surface area contributed by atoms with Gasteiger partial charge in [0.1, 0.15) is 11.9 Å². The Hall–Kier alpha value is -1.59. The maximum absolute atomic E-state index is 12.0. The summed E-state index contributed by atoms with van der Waals surface area (Å²) in [6.07, 6.45) is 3.46. The van der Waals surface area contributed by atoms with E-state index in [-0.39, 0.29) is 12.0 Å². The molecule has 1 saturated carbocycles. The summed E-state index contributed by atoms with van der Waals surface area (Å²) in [5.41, 5.74) is 0.968. The van der Waals surface area contributed by atoms with E-state index < -0.39 is 0 Å². The summed E-state index contributed by atoms with van der Waals surface area (Å²) >= 11 is 0. The first-order valence-corrected chi connectivity index (χ1v) is 7.02. The highest BCUT2D eigenvalue weighted by molar-refractivity contribution is 5.82. The van der Waals surface area contributed by atoms with Crippen molar-refractivity contribution in [3.8, 4) is 11.8 Å². The van der Waals surface area contributed by atoms with Crippen LogP contribution in [-0.4, -0.2) is 18.5 Å². The lowest BCUT2D eigenvalue weighted by Gasteiger charge is -2.25. The number of hydrogen-bond acceptors (Lipinski definition) is 2. The van der Waals surface area contributed by atoms with Crippen molar-refractivity contribution in [3.05, 3.63) is 35.9 Å². The molecule has 2 atom stereocenters. The second-order valence-electron chi connectivity index (χ2n) is 4.83. The second-order valence-corrected chi connectivity index (χ2v) is 4.83. The third-order valence-electron chi connectivity index (χ3n) is 3.45. The molecule has 0 bridgehead atoms. The first-order chi connectivity index (χ1) is 9.31. The van der Waals surface area contributed by atoms with E-state index in [0.717, 1.165) is 24.8 Å². The Balaban J connectivity index is 2.12. The average molecular weight is 256 g/mol. The summed E-state index contributed by atoms with van der Waals surface area (Å²) in [6.45, 7) is 2.54. The Morgan fingerprint density at radius 1 is 1.32 bits per heavy atom. The van der Waals surface area contributed by atoms with E-state index in [4.69, 9.17) is 4.74 Å². The summed E-state index contributed by atoms with van der Waals surface area (Å²) in [4.78, 5) is 12.0. The molecule has 1 aromatic carbocycles. The highest BCUT2D eigenvalue weighted by Gasteiger charge is 2.29. The summed E-state index contributed by atoms with van der Waals surface area (Å²) in [5, 5.41) is 0. The lowest BCUT2D eigenvalue weighted by atomic mass is 9.84. The summed E-state index contributed by atoms with van der Waals surface area (Å²) in [6, 6.07) is 9.84. The molecule has 0 amide bonds. The number of carbonyl (C=O) groups excluding carboxylic acids is 1. The molecule has 2 nitrogen and oxygen atoms in total. The van der Waals surface area contributed by atoms with Crippen molar-refractivity contribution in [2.24, 2.45) is 5.92 Å². The van der Waals surface area contributed by atoms with E-state index in [1.807, 2.05) is 37.3 Å². The van der Waals surface area contributed by atoms with Crippen LogP contribution >= 0.6 is 0 Å². The minimum absolute atomic E-state index is 0.0371. The summed E-state index contributed by atoms with van der Waals surface area (Å²) < 4.78 is 5.68. The molecule has 2 heteroatoms. The van der Waals surface area contributed by atoms with E-state index >= 15 is 0 Å². The average Bonchev–Trinajstić information content (AvgIpc) is 2.45. The Morgan fingerprint density at radius 3 is 2.79 bits per heavy atom. The molecule has 2 rings (SSSR count). The third kappa shape index (κ3) is 3.94. The maximum atomic E-state index is 12.0. The molecule has 0 spiro atoms. The van der Waals surface area contributed by atoms with Gasteiger partial charge in [-0.15, -0.1) is 0 Å². The van der Waals surface area contributed by atoms with Crippen LogP contribution in [0.4, 0.5) is 0 Å². The molecular formula is C17H20O2. The van der Waals surface area contributed by atoms with Crippen LogP contribution in [0, 0.1) is 17.8 Å². The Bertz CT molecular complexity index is 467. The van der Waals surface area contributed by atoms with Crippen LogP contribution in [0.25, 0.3) is 0 Å². The molecule has 1 fully saturated rings. The van der Waals surface area contributed by atoms with Gasteiger partial charge in [0.25, 0.3) is 0 Å². The molecule has 1 aliphatic carbocycles. The standard InChI is InChI=1S/C17H20O2/c1-2-19-17(15-10-6-7-11-16(15)18)13-12-14-8-4-3-5-9-14/h3-5,8-9,15,17H,2,6-7,10-11H2,1H3. The fourth-order valence-corrected chi connectivity index (χ4v) is 2.44. The fraction of sp³-hybridized carbons (Fsp3) is 0.471. The molecule has 0 heterocycles. The van der Waals surface area contributed by atoms with Gasteiger partial charge in [0.2, 0.25) is 0 Å². The molecule has 0 N–H and O–H groups in total. The summed E-state index contributed by atoms with van der Waals surface area (Å²) in [5.74, 6) is 6.54. The van der Waals surface area contributed by atoms with Crippen molar-refractivity contribution in [1.29, 1.82) is 0 Å². The molecule has 0 saturated heterocycles. The van der Waals surface area contributed by atoms with Crippen molar-refractivity contribution in [2.45, 2.75) is 38.7 Å². The number of rotatable bonds is 3. The van der Waals surface area contributed by atoms with E-state index in [0.29, 0.717) is 18.8 Å². The molecule has 19 heavy (non-hydrogen) atoms. The van der Waals surface area contributed by atoms with Crippen LogP contribution in [0.15, 0.2) is 30.3 Å². The normalized spacial score (nSPS) is 20.5. The van der Waals surface area contributed by atoms with Crippen molar-refractivity contribution < 1.29 is 9.53 Å². The van der Waals surface area contributed by atoms with Crippen LogP contribution in [0.2, 0.25) is 0 Å². The second kappa shape index (κ2) is 7.11. The lowest BCUT2D eigenvalue weighted by molar-refractivity contribution is -0.128. The van der Waals surface area contributed by atoms with Crippen molar-refractivity contribution >= 4 is 5.78 Å². The van der Waals surface area contributed by atoms with Gasteiger partial charge in [0, 0.05) is 18.6 Å². The van der Waals surface area contributed by atoms with Crippen LogP contribution < -0.4 is 0 Å². The number of ether oxygens (including phenoxy) is 1. The van der Waals surface area contributed by atoms with E-state index in [9.17, 15) is 4.79 Å². The molecule has 0 radical (unpaired) electrons. The van der Waals surface area contributed by atoms with Gasteiger partial charge in [-0.2, -0.15) is 0 Å². The van der Waals surface area contributed by atoms with E-state index in [1.54, 1.807) is 0 Å². The Kier molecular flexibility index (Phi) is 5.18. The van der Waals surface area contributed by atoms with Crippen LogP contribution in [0.5, 0.6) is 0 Å². The molecule has 0 aliphatic heterocycles. The zero-order valence-electron chi connectivity index (χ0n) is 11.4. The Labute approximate surface area is 115 Å². The topological polar surface area (TPSA) is 26.3 Å². The predicted octanol–water partition coefficient (Wildman–Crippen LogP) is 3.20. The number of ketones is 1. The van der Waals surface area contributed by atoms with Crippen LogP contribution in [0.1, 0.15) is 38.2 Å². The van der Waals surface area contributed by atoms with Gasteiger partial charge in [0.15, 0.2) is 0 Å². The van der Waals surface area contributed by atoms with E-state index in [1.165, 1.54) is 0 Å². The zero-order valence-corrected chi connectivity index (χ0v) is 11.4. The molecule has 100 valence electrons. The monoisotopic (exact) mass is 256 g/mol. The third-order valence-corrected chi connectivity index (χ3v) is 3.45. The molecular weight excluding hydrogens is 236 g/mol. The highest BCUT2D eigenvalue weighted by atomic mass is 16.5. The largest absolute Gasteiger partial charge is 0.365 e. The number of carbonyl (C=O) groups is 1. The van der Waals surface area contributed by atoms with Gasteiger partial charge in [0.05, 0.1) is 5.92 Å². The van der Waals surface area contributed by atoms with Gasteiger partial charge >= 0.3 is 0 Å². The highest BCUT2D eigenvalue weighted by Crippen LogP contribution is 2.25. The van der Waals surface area contributed by atoms with Crippen molar-refractivity contribution in [1.82, 2.24) is 0 Å². The van der Waals surface area contributed by atoms with Crippen molar-refractivity contribution in [3.63, 3.8) is 0 Å². The van der Waals surface area contributed by atoms with E-state index in [2.05, 4.69) is 11.8 Å². The molecule has 2 unspecified atom stereocenters. The lowest BCUT2D eigenvalue weighted by Crippen LogP contribution is -2.32. The van der Waals surface area contributed by atoms with Crippen molar-refractivity contribution in [2.75, 3.05) is 6.61 Å². The van der Waals surface area contributed by atoms with Gasteiger partial charge in [-0.3, -0.25) is 4.79 Å². The number of hydrogen-bond donors (Lipinski definition) is 0. The quantitative estimate of drug-likeness (QED) is 0.776. The minimum Gasteiger partial charge on any atom is -0.365 e. The molecule has 1 aromatic rings. The van der Waals surface area contributed by atoms with Crippen LogP contribution in [-0.2, 0) is 9.53 Å². The summed E-state index contributed by atoms with van der Waals surface area (Å²) in [7, 11) is 0. The molecule has 1 aliphatic rings. The first-order valence-electron chi connectivity index (χ1n) is 7.02. The first kappa shape index (κ1) is 13.8. The number of Topliss-reactive ketones (excluding diaryl/α,β-unsaturated/α-hetero) is 1. The maximum Gasteiger partial charge on any atom is 0.139 e. The van der Waals surface area contributed by atoms with Gasteiger partial charge in [-0.05, 0) is 31.9 Å². The number of benzene rings is 1. The molecule has 0 aromatic heterocycles. The van der Waals surface area contributed by atoms with Crippen LogP contribution in [0.3, 0.4) is 0 Å².